The number of nitrogens with one attached hydrogen (secondary N) is 3. The van der Waals surface area contributed by atoms with Gasteiger partial charge in [-0.2, -0.15) is 13.2 Å². The van der Waals surface area contributed by atoms with Gasteiger partial charge in [0.25, 0.3) is 11.8 Å². The molecule has 3 amide bonds. The molecule has 0 spiro atoms. The molecule has 3 aromatic rings. The first-order valence-corrected chi connectivity index (χ1v) is 15.7. The zero-order chi connectivity index (χ0) is 33.1. The lowest BCUT2D eigenvalue weighted by atomic mass is 9.95. The quantitative estimate of drug-likeness (QED) is 0.227. The highest BCUT2D eigenvalue weighted by molar-refractivity contribution is 9.10. The first-order chi connectivity index (χ1) is 21.0. The third kappa shape index (κ3) is 8.71. The summed E-state index contributed by atoms with van der Waals surface area (Å²) in [4.78, 5) is 40.9. The number of nitrogens with zero attached hydrogens (tertiary/aromatic N) is 1. The highest BCUT2D eigenvalue weighted by Gasteiger charge is 2.42. The molecule has 1 atom stereocenters. The van der Waals surface area contributed by atoms with Gasteiger partial charge in [0.05, 0.1) is 27.1 Å². The van der Waals surface area contributed by atoms with Crippen LogP contribution in [-0.4, -0.2) is 37.0 Å². The number of halogens is 6. The second kappa shape index (κ2) is 14.0. The maximum Gasteiger partial charge on any atom is 0.393 e. The number of hydrogen-bond donors (Lipinski definition) is 3. The first-order valence-electron chi connectivity index (χ1n) is 14.1. The second-order valence-electron chi connectivity index (χ2n) is 11.8. The Bertz CT molecular complexity index is 1590. The summed E-state index contributed by atoms with van der Waals surface area (Å²) in [6.07, 6.45) is -4.05. The van der Waals surface area contributed by atoms with Crippen molar-refractivity contribution >= 4 is 73.9 Å². The molecule has 0 aromatic heterocycles. The van der Waals surface area contributed by atoms with Crippen LogP contribution >= 0.6 is 39.1 Å². The van der Waals surface area contributed by atoms with Gasteiger partial charge in [0, 0.05) is 46.6 Å². The summed E-state index contributed by atoms with van der Waals surface area (Å²) >= 11 is 16.3. The first kappa shape index (κ1) is 34.6. The summed E-state index contributed by atoms with van der Waals surface area (Å²) in [6, 6.07) is 14.4. The Labute approximate surface area is 278 Å². The van der Waals surface area contributed by atoms with Crippen LogP contribution in [0.25, 0.3) is 0 Å². The Kier molecular flexibility index (Phi) is 10.8. The molecule has 7 nitrogen and oxygen atoms in total. The minimum atomic E-state index is -4.37. The van der Waals surface area contributed by atoms with Crippen LogP contribution < -0.4 is 20.9 Å². The predicted molar refractivity (Wildman–Crippen MR) is 175 cm³/mol. The zero-order valence-electron chi connectivity index (χ0n) is 24.7. The van der Waals surface area contributed by atoms with E-state index in [1.807, 2.05) is 0 Å². The number of piperidine rings is 1. The number of hydrogen-bond acceptors (Lipinski definition) is 4. The van der Waals surface area contributed by atoms with Gasteiger partial charge in [-0.1, -0.05) is 66.0 Å². The number of alkyl halides is 3. The van der Waals surface area contributed by atoms with E-state index in [1.54, 1.807) is 56.0 Å². The molecule has 1 aliphatic heterocycles. The van der Waals surface area contributed by atoms with E-state index in [-0.39, 0.29) is 52.3 Å². The van der Waals surface area contributed by atoms with E-state index in [1.165, 1.54) is 24.3 Å². The summed E-state index contributed by atoms with van der Waals surface area (Å²) in [5.41, 5.74) is 0.873. The molecule has 4 rings (SSSR count). The van der Waals surface area contributed by atoms with Gasteiger partial charge in [-0.25, -0.2) is 0 Å². The minimum Gasteiger partial charge on any atom is -0.370 e. The number of anilines is 3. The molecule has 0 saturated carbocycles. The average molecular weight is 728 g/mol. The van der Waals surface area contributed by atoms with E-state index in [9.17, 15) is 27.6 Å². The molecule has 0 radical (unpaired) electrons. The Balaban J connectivity index is 1.64. The van der Waals surface area contributed by atoms with Crippen molar-refractivity contribution in [2.45, 2.75) is 46.3 Å². The predicted octanol–water partition coefficient (Wildman–Crippen LogP) is 8.70. The van der Waals surface area contributed by atoms with Crippen molar-refractivity contribution in [3.63, 3.8) is 0 Å². The number of carbonyl (C=O) groups excluding carboxylic acids is 3. The van der Waals surface area contributed by atoms with Gasteiger partial charge in [0.2, 0.25) is 5.91 Å². The maximum absolute atomic E-state index is 13.6. The van der Waals surface area contributed by atoms with Crippen LogP contribution in [0.15, 0.2) is 59.1 Å². The molecule has 1 unspecified atom stereocenters. The van der Waals surface area contributed by atoms with Gasteiger partial charge in [-0.05, 0) is 66.9 Å². The van der Waals surface area contributed by atoms with Crippen molar-refractivity contribution in [3.05, 3.63) is 85.8 Å². The Morgan fingerprint density at radius 3 is 2.22 bits per heavy atom. The van der Waals surface area contributed by atoms with Crippen molar-refractivity contribution in [2.24, 2.45) is 11.3 Å². The fourth-order valence-corrected chi connectivity index (χ4v) is 5.71. The van der Waals surface area contributed by atoms with Crippen LogP contribution in [-0.2, 0) is 11.3 Å². The van der Waals surface area contributed by atoms with Gasteiger partial charge >= 0.3 is 6.18 Å². The van der Waals surface area contributed by atoms with E-state index in [2.05, 4.69) is 31.9 Å². The molecule has 0 bridgehead atoms. The van der Waals surface area contributed by atoms with Crippen molar-refractivity contribution in [1.29, 1.82) is 0 Å². The van der Waals surface area contributed by atoms with Crippen LogP contribution in [0.3, 0.4) is 0 Å². The molecule has 240 valence electrons. The second-order valence-corrected chi connectivity index (χ2v) is 13.5. The lowest BCUT2D eigenvalue weighted by molar-refractivity contribution is -0.176. The Morgan fingerprint density at radius 2 is 1.58 bits per heavy atom. The van der Waals surface area contributed by atoms with Crippen LogP contribution in [0.1, 0.15) is 59.9 Å². The molecule has 13 heteroatoms. The summed E-state index contributed by atoms with van der Waals surface area (Å²) in [7, 11) is 0. The molecule has 45 heavy (non-hydrogen) atoms. The summed E-state index contributed by atoms with van der Waals surface area (Å²) in [5, 5.41) is 8.39. The van der Waals surface area contributed by atoms with E-state index >= 15 is 0 Å². The molecule has 0 aliphatic carbocycles. The van der Waals surface area contributed by atoms with Crippen LogP contribution in [0.2, 0.25) is 10.0 Å². The fourth-order valence-electron chi connectivity index (χ4n) is 4.84. The smallest absolute Gasteiger partial charge is 0.370 e. The number of benzene rings is 3. The zero-order valence-corrected chi connectivity index (χ0v) is 27.8. The van der Waals surface area contributed by atoms with Gasteiger partial charge < -0.3 is 20.9 Å². The molecule has 3 N–H and O–H groups in total. The van der Waals surface area contributed by atoms with E-state index in [4.69, 9.17) is 23.2 Å². The maximum atomic E-state index is 13.6. The molecule has 1 fully saturated rings. The third-order valence-electron chi connectivity index (χ3n) is 7.34. The lowest BCUT2D eigenvalue weighted by Crippen LogP contribution is -2.42. The monoisotopic (exact) mass is 726 g/mol. The van der Waals surface area contributed by atoms with Crippen molar-refractivity contribution < 1.29 is 27.6 Å². The molecular weight excluding hydrogens is 696 g/mol. The SMILES string of the molecule is CC(C)(C)C(=O)NCc1ccc(Cl)c(C(=O)Nc2ccc(N3CCCC(C(F)(F)F)C3)c(C(=O)Nc3ccc(Br)cc3)c2)c1Cl. The van der Waals surface area contributed by atoms with Gasteiger partial charge in [0.15, 0.2) is 0 Å². The Morgan fingerprint density at radius 1 is 0.933 bits per heavy atom. The highest BCUT2D eigenvalue weighted by atomic mass is 79.9. The fraction of sp³-hybridized carbons (Fsp3) is 0.344. The molecule has 1 aliphatic rings. The summed E-state index contributed by atoms with van der Waals surface area (Å²) < 4.78 is 41.6. The molecular formula is C32H32BrCl2F3N4O3. The van der Waals surface area contributed by atoms with Crippen molar-refractivity contribution in [3.8, 4) is 0 Å². The summed E-state index contributed by atoms with van der Waals surface area (Å²) in [5.74, 6) is -2.97. The topological polar surface area (TPSA) is 90.5 Å². The Hall–Kier alpha value is -3.28. The molecule has 1 heterocycles. The average Bonchev–Trinajstić information content (AvgIpc) is 2.97. The van der Waals surface area contributed by atoms with Gasteiger partial charge in [0.1, 0.15) is 0 Å². The number of amides is 3. The van der Waals surface area contributed by atoms with Gasteiger partial charge in [-0.15, -0.1) is 0 Å². The lowest BCUT2D eigenvalue weighted by Gasteiger charge is -2.36. The standard InChI is InChI=1S/C32H32BrCl2F3N4O3/c1-31(2,3)30(45)39-16-18-6-12-24(34)26(27(18)35)29(44)41-22-11-13-25(42-14-4-5-19(17-42)32(36,37)38)23(15-22)28(43)40-21-9-7-20(33)8-10-21/h6-13,15,19H,4-5,14,16-17H2,1-3H3,(H,39,45)(H,40,43)(H,41,44). The van der Waals surface area contributed by atoms with E-state index in [0.717, 1.165) is 4.47 Å². The highest BCUT2D eigenvalue weighted by Crippen LogP contribution is 2.37. The third-order valence-corrected chi connectivity index (χ3v) is 8.62. The van der Waals surface area contributed by atoms with Crippen LogP contribution in [0.4, 0.5) is 30.2 Å². The van der Waals surface area contributed by atoms with Crippen LogP contribution in [0, 0.1) is 11.3 Å². The van der Waals surface area contributed by atoms with Gasteiger partial charge in [-0.3, -0.25) is 14.4 Å². The largest absolute Gasteiger partial charge is 0.393 e. The van der Waals surface area contributed by atoms with E-state index < -0.39 is 29.3 Å². The van der Waals surface area contributed by atoms with Crippen molar-refractivity contribution in [1.82, 2.24) is 5.32 Å². The minimum absolute atomic E-state index is 0.00896. The van der Waals surface area contributed by atoms with Crippen molar-refractivity contribution in [2.75, 3.05) is 28.6 Å². The molecule has 3 aromatic carbocycles. The van der Waals surface area contributed by atoms with E-state index in [0.29, 0.717) is 29.9 Å². The number of carbonyl (C=O) groups is 3. The molecule has 1 saturated heterocycles. The van der Waals surface area contributed by atoms with Crippen LogP contribution in [0.5, 0.6) is 0 Å². The summed E-state index contributed by atoms with van der Waals surface area (Å²) in [6.45, 7) is 5.41. The number of rotatable bonds is 7. The normalized spacial score (nSPS) is 15.4.